The van der Waals surface area contributed by atoms with Gasteiger partial charge in [-0.05, 0) is 19.1 Å². The lowest BCUT2D eigenvalue weighted by atomic mass is 10.5. The zero-order valence-corrected chi connectivity index (χ0v) is 8.18. The predicted molar refractivity (Wildman–Crippen MR) is 51.2 cm³/mol. The lowest BCUT2D eigenvalue weighted by Gasteiger charge is -1.79. The highest BCUT2D eigenvalue weighted by Crippen LogP contribution is 1.86. The SMILES string of the molecule is Cc1ccn(C)n1.Cn1cccn1. The van der Waals surface area contributed by atoms with Gasteiger partial charge < -0.3 is 0 Å². The lowest BCUT2D eigenvalue weighted by molar-refractivity contribution is 0.756. The highest BCUT2D eigenvalue weighted by molar-refractivity contribution is 4.93. The zero-order valence-electron chi connectivity index (χ0n) is 8.18. The molecule has 0 fully saturated rings. The van der Waals surface area contributed by atoms with E-state index < -0.39 is 0 Å². The van der Waals surface area contributed by atoms with Crippen molar-refractivity contribution in [2.45, 2.75) is 6.92 Å². The summed E-state index contributed by atoms with van der Waals surface area (Å²) in [5, 5.41) is 7.86. The predicted octanol–water partition coefficient (Wildman–Crippen LogP) is 1.15. The molecule has 2 rings (SSSR count). The second-order valence-electron chi connectivity index (χ2n) is 2.81. The van der Waals surface area contributed by atoms with Crippen molar-refractivity contribution in [1.82, 2.24) is 19.6 Å². The van der Waals surface area contributed by atoms with Gasteiger partial charge in [-0.3, -0.25) is 9.36 Å². The molecule has 0 radical (unpaired) electrons. The molecule has 0 bridgehead atoms. The first kappa shape index (κ1) is 9.51. The molecule has 13 heavy (non-hydrogen) atoms. The first-order chi connectivity index (χ1) is 6.18. The van der Waals surface area contributed by atoms with E-state index in [-0.39, 0.29) is 0 Å². The number of aryl methyl sites for hydroxylation is 3. The van der Waals surface area contributed by atoms with E-state index in [1.165, 1.54) is 0 Å². The fraction of sp³-hybridized carbons (Fsp3) is 0.333. The maximum atomic E-state index is 4.03. The topological polar surface area (TPSA) is 35.6 Å². The smallest absolute Gasteiger partial charge is 0.0593 e. The van der Waals surface area contributed by atoms with Gasteiger partial charge in [-0.25, -0.2) is 0 Å². The van der Waals surface area contributed by atoms with Gasteiger partial charge in [0.15, 0.2) is 0 Å². The average molecular weight is 178 g/mol. The standard InChI is InChI=1S/C5H8N2.C4H6N2/c1-5-3-4-7(2)6-5;1-6-4-2-3-5-6/h3-4H,1-2H3;2-4H,1H3. The minimum Gasteiger partial charge on any atom is -0.276 e. The van der Waals surface area contributed by atoms with Crippen LogP contribution >= 0.6 is 0 Å². The van der Waals surface area contributed by atoms with Crippen molar-refractivity contribution < 1.29 is 0 Å². The number of hydrogen-bond acceptors (Lipinski definition) is 2. The third kappa shape index (κ3) is 3.55. The molecule has 0 aromatic carbocycles. The van der Waals surface area contributed by atoms with Crippen LogP contribution in [0, 0.1) is 6.92 Å². The van der Waals surface area contributed by atoms with Crippen molar-refractivity contribution in [2.24, 2.45) is 14.1 Å². The van der Waals surface area contributed by atoms with E-state index in [0.717, 1.165) is 5.69 Å². The van der Waals surface area contributed by atoms with Gasteiger partial charge in [-0.15, -0.1) is 0 Å². The van der Waals surface area contributed by atoms with Crippen molar-refractivity contribution in [3.63, 3.8) is 0 Å². The molecule has 70 valence electrons. The summed E-state index contributed by atoms with van der Waals surface area (Å²) < 4.78 is 3.54. The van der Waals surface area contributed by atoms with Gasteiger partial charge in [-0.2, -0.15) is 10.2 Å². The van der Waals surface area contributed by atoms with E-state index in [9.17, 15) is 0 Å². The largest absolute Gasteiger partial charge is 0.276 e. The van der Waals surface area contributed by atoms with Crippen molar-refractivity contribution in [3.05, 3.63) is 36.4 Å². The maximum absolute atomic E-state index is 4.03. The summed E-state index contributed by atoms with van der Waals surface area (Å²) in [4.78, 5) is 0. The van der Waals surface area contributed by atoms with Crippen molar-refractivity contribution in [3.8, 4) is 0 Å². The third-order valence-corrected chi connectivity index (χ3v) is 1.48. The van der Waals surface area contributed by atoms with Crippen LogP contribution in [0.2, 0.25) is 0 Å². The van der Waals surface area contributed by atoms with E-state index in [1.54, 1.807) is 15.6 Å². The molecule has 0 aliphatic rings. The zero-order chi connectivity index (χ0) is 9.68. The average Bonchev–Trinajstić information content (AvgIpc) is 2.64. The Kier molecular flexibility index (Phi) is 3.25. The van der Waals surface area contributed by atoms with Gasteiger partial charge in [0.1, 0.15) is 0 Å². The van der Waals surface area contributed by atoms with Crippen LogP contribution in [-0.4, -0.2) is 19.6 Å². The minimum atomic E-state index is 1.07. The van der Waals surface area contributed by atoms with Crippen LogP contribution in [-0.2, 0) is 14.1 Å². The number of nitrogens with zero attached hydrogens (tertiary/aromatic N) is 4. The Labute approximate surface area is 77.8 Å². The highest BCUT2D eigenvalue weighted by atomic mass is 15.2. The molecule has 2 aromatic heterocycles. The van der Waals surface area contributed by atoms with Gasteiger partial charge in [0.25, 0.3) is 0 Å². The molecule has 2 heterocycles. The fourth-order valence-electron chi connectivity index (χ4n) is 0.876. The Hall–Kier alpha value is -1.58. The maximum Gasteiger partial charge on any atom is 0.0593 e. The fourth-order valence-corrected chi connectivity index (χ4v) is 0.876. The molecule has 0 aliphatic carbocycles. The molecule has 0 atom stereocenters. The molecule has 4 nitrogen and oxygen atoms in total. The summed E-state index contributed by atoms with van der Waals surface area (Å²) in [6.07, 6.45) is 5.56. The second-order valence-corrected chi connectivity index (χ2v) is 2.81. The number of rotatable bonds is 0. The monoisotopic (exact) mass is 178 g/mol. The minimum absolute atomic E-state index is 1.07. The molecule has 0 saturated heterocycles. The molecule has 0 N–H and O–H groups in total. The molecule has 0 amide bonds. The number of hydrogen-bond donors (Lipinski definition) is 0. The van der Waals surface area contributed by atoms with Crippen LogP contribution in [0.25, 0.3) is 0 Å². The Morgan fingerprint density at radius 1 is 1.15 bits per heavy atom. The van der Waals surface area contributed by atoms with Crippen molar-refractivity contribution in [2.75, 3.05) is 0 Å². The lowest BCUT2D eigenvalue weighted by Crippen LogP contribution is -1.86. The first-order valence-corrected chi connectivity index (χ1v) is 4.08. The summed E-state index contributed by atoms with van der Waals surface area (Å²) in [5.41, 5.74) is 1.07. The summed E-state index contributed by atoms with van der Waals surface area (Å²) in [6.45, 7) is 1.97. The van der Waals surface area contributed by atoms with E-state index in [2.05, 4.69) is 10.2 Å². The molecule has 0 spiro atoms. The van der Waals surface area contributed by atoms with E-state index in [0.29, 0.717) is 0 Å². The Bertz CT molecular complexity index is 318. The number of aromatic nitrogens is 4. The Morgan fingerprint density at radius 3 is 2.08 bits per heavy atom. The van der Waals surface area contributed by atoms with Crippen LogP contribution < -0.4 is 0 Å². The molecular weight excluding hydrogens is 164 g/mol. The molecule has 0 aliphatic heterocycles. The van der Waals surface area contributed by atoms with Crippen molar-refractivity contribution >= 4 is 0 Å². The van der Waals surface area contributed by atoms with Crippen LogP contribution in [0.3, 0.4) is 0 Å². The van der Waals surface area contributed by atoms with Crippen LogP contribution in [0.5, 0.6) is 0 Å². The molecule has 0 saturated carbocycles. The second kappa shape index (κ2) is 4.45. The third-order valence-electron chi connectivity index (χ3n) is 1.48. The van der Waals surface area contributed by atoms with Crippen LogP contribution in [0.1, 0.15) is 5.69 Å². The van der Waals surface area contributed by atoms with Gasteiger partial charge in [0.05, 0.1) is 5.69 Å². The van der Waals surface area contributed by atoms with E-state index in [1.807, 2.05) is 45.5 Å². The first-order valence-electron chi connectivity index (χ1n) is 4.08. The molecular formula is C9H14N4. The van der Waals surface area contributed by atoms with Gasteiger partial charge in [0.2, 0.25) is 0 Å². The van der Waals surface area contributed by atoms with Gasteiger partial charge in [-0.1, -0.05) is 0 Å². The summed E-state index contributed by atoms with van der Waals surface area (Å²) >= 11 is 0. The van der Waals surface area contributed by atoms with E-state index in [4.69, 9.17) is 0 Å². The Balaban J connectivity index is 0.000000132. The normalized spacial score (nSPS) is 9.15. The summed E-state index contributed by atoms with van der Waals surface area (Å²) in [5.74, 6) is 0. The summed E-state index contributed by atoms with van der Waals surface area (Å²) in [6, 6.07) is 3.86. The van der Waals surface area contributed by atoms with Crippen LogP contribution in [0.4, 0.5) is 0 Å². The molecule has 4 heteroatoms. The van der Waals surface area contributed by atoms with Gasteiger partial charge >= 0.3 is 0 Å². The highest BCUT2D eigenvalue weighted by Gasteiger charge is 1.81. The molecule has 0 unspecified atom stereocenters. The summed E-state index contributed by atoms with van der Waals surface area (Å²) in [7, 11) is 3.80. The molecule has 2 aromatic rings. The quantitative estimate of drug-likeness (QED) is 0.606. The Morgan fingerprint density at radius 2 is 1.92 bits per heavy atom. The van der Waals surface area contributed by atoms with Crippen molar-refractivity contribution in [1.29, 1.82) is 0 Å². The van der Waals surface area contributed by atoms with E-state index >= 15 is 0 Å². The van der Waals surface area contributed by atoms with Crippen LogP contribution in [0.15, 0.2) is 30.7 Å². The van der Waals surface area contributed by atoms with Gasteiger partial charge in [0, 0.05) is 32.7 Å².